The summed E-state index contributed by atoms with van der Waals surface area (Å²) < 4.78 is 21.9. The van der Waals surface area contributed by atoms with Gasteiger partial charge in [0.1, 0.15) is 15.5 Å². The number of nitrogens with one attached hydrogen (secondary N) is 1. The lowest BCUT2D eigenvalue weighted by Crippen LogP contribution is -2.15. The summed E-state index contributed by atoms with van der Waals surface area (Å²) >= 11 is 0. The largest absolute Gasteiger partial charge is 0.478 e. The first-order valence-corrected chi connectivity index (χ1v) is 7.20. The van der Waals surface area contributed by atoms with Crippen molar-refractivity contribution >= 4 is 27.2 Å². The highest BCUT2D eigenvalue weighted by Gasteiger charge is 2.16. The number of hydrogen-bond donors (Lipinski definition) is 2. The van der Waals surface area contributed by atoms with Gasteiger partial charge in [-0.2, -0.15) is 0 Å². The Bertz CT molecular complexity index is 610. The van der Waals surface area contributed by atoms with Crippen molar-refractivity contribution in [1.29, 1.82) is 0 Å². The van der Waals surface area contributed by atoms with Crippen LogP contribution in [-0.2, 0) is 9.84 Å². The summed E-state index contributed by atoms with van der Waals surface area (Å²) in [5.41, 5.74) is -0.445. The van der Waals surface area contributed by atoms with E-state index in [1.54, 1.807) is 0 Å². The molecule has 1 aromatic carbocycles. The maximum Gasteiger partial charge on any atom is 0.335 e. The molecule has 0 saturated heterocycles. The van der Waals surface area contributed by atoms with Gasteiger partial charge < -0.3 is 10.4 Å². The average molecular weight is 288 g/mol. The fraction of sp³-hybridized carbons (Fsp3) is 0.300. The number of aromatic carboxylic acids is 1. The number of hydrogen-bond acceptors (Lipinski definition) is 6. The Balaban J connectivity index is 2.98. The van der Waals surface area contributed by atoms with Crippen LogP contribution in [0.25, 0.3) is 0 Å². The van der Waals surface area contributed by atoms with Crippen molar-refractivity contribution < 1.29 is 23.2 Å². The minimum absolute atomic E-state index is 0.0199. The molecule has 0 aliphatic carbocycles. The van der Waals surface area contributed by atoms with E-state index in [-0.39, 0.29) is 29.2 Å². The van der Waals surface area contributed by atoms with E-state index in [0.717, 1.165) is 24.5 Å². The Morgan fingerprint density at radius 1 is 1.47 bits per heavy atom. The molecule has 0 atom stereocenters. The monoisotopic (exact) mass is 288 g/mol. The van der Waals surface area contributed by atoms with Crippen molar-refractivity contribution in [3.05, 3.63) is 33.9 Å². The molecule has 2 N–H and O–H groups in total. The summed E-state index contributed by atoms with van der Waals surface area (Å²) in [5, 5.41) is 22.1. The number of nitro groups is 1. The van der Waals surface area contributed by atoms with Crippen molar-refractivity contribution in [3.63, 3.8) is 0 Å². The van der Waals surface area contributed by atoms with Crippen molar-refractivity contribution in [2.45, 2.75) is 0 Å². The molecule has 0 aliphatic rings. The molecular formula is C10H12N2O6S. The molecule has 0 saturated carbocycles. The molecule has 0 heterocycles. The minimum atomic E-state index is -3.20. The van der Waals surface area contributed by atoms with Gasteiger partial charge in [0.25, 0.3) is 5.69 Å². The molecule has 0 bridgehead atoms. The maximum absolute atomic E-state index is 10.9. The molecular weight excluding hydrogens is 276 g/mol. The molecule has 1 aromatic rings. The number of rotatable bonds is 6. The lowest BCUT2D eigenvalue weighted by atomic mass is 10.1. The minimum Gasteiger partial charge on any atom is -0.478 e. The van der Waals surface area contributed by atoms with Gasteiger partial charge in [0.2, 0.25) is 0 Å². The van der Waals surface area contributed by atoms with Gasteiger partial charge in [-0.3, -0.25) is 10.1 Å². The predicted molar refractivity (Wildman–Crippen MR) is 68.3 cm³/mol. The Hall–Kier alpha value is -2.16. The number of carboxylic acids is 1. The highest BCUT2D eigenvalue weighted by Crippen LogP contribution is 2.25. The van der Waals surface area contributed by atoms with Gasteiger partial charge >= 0.3 is 5.97 Å². The Morgan fingerprint density at radius 2 is 2.11 bits per heavy atom. The second-order valence-electron chi connectivity index (χ2n) is 3.85. The first kappa shape index (κ1) is 14.9. The second kappa shape index (κ2) is 5.65. The van der Waals surface area contributed by atoms with Crippen LogP contribution in [0.4, 0.5) is 11.4 Å². The lowest BCUT2D eigenvalue weighted by Gasteiger charge is -2.07. The zero-order chi connectivity index (χ0) is 14.6. The Labute approximate surface area is 109 Å². The van der Waals surface area contributed by atoms with E-state index in [1.807, 2.05) is 0 Å². The van der Waals surface area contributed by atoms with Crippen LogP contribution < -0.4 is 5.32 Å². The topological polar surface area (TPSA) is 127 Å². The number of benzene rings is 1. The smallest absolute Gasteiger partial charge is 0.335 e. The van der Waals surface area contributed by atoms with Crippen LogP contribution in [0.15, 0.2) is 18.2 Å². The van der Waals surface area contributed by atoms with Gasteiger partial charge in [0, 0.05) is 18.9 Å². The van der Waals surface area contributed by atoms with Crippen molar-refractivity contribution in [2.24, 2.45) is 0 Å². The van der Waals surface area contributed by atoms with Crippen LogP contribution in [0, 0.1) is 10.1 Å². The second-order valence-corrected chi connectivity index (χ2v) is 6.11. The number of nitrogens with zero attached hydrogens (tertiary/aromatic N) is 1. The third kappa shape index (κ3) is 4.54. The number of anilines is 1. The molecule has 8 nitrogen and oxygen atoms in total. The van der Waals surface area contributed by atoms with Gasteiger partial charge in [-0.05, 0) is 12.1 Å². The van der Waals surface area contributed by atoms with Crippen LogP contribution in [0.5, 0.6) is 0 Å². The van der Waals surface area contributed by atoms with E-state index in [9.17, 15) is 23.3 Å². The van der Waals surface area contributed by atoms with Crippen LogP contribution in [0.2, 0.25) is 0 Å². The predicted octanol–water partition coefficient (Wildman–Crippen LogP) is 0.749. The number of carboxylic acid groups (broad SMARTS) is 1. The van der Waals surface area contributed by atoms with E-state index in [4.69, 9.17) is 5.11 Å². The van der Waals surface area contributed by atoms with Gasteiger partial charge in [0.15, 0.2) is 0 Å². The standard InChI is InChI=1S/C10H12N2O6S/c1-19(17,18)5-4-11-8-6-7(10(13)14)2-3-9(8)12(15)16/h2-3,6,11H,4-5H2,1H3,(H,13,14). The zero-order valence-electron chi connectivity index (χ0n) is 9.99. The van der Waals surface area contributed by atoms with Crippen LogP contribution >= 0.6 is 0 Å². The highest BCUT2D eigenvalue weighted by atomic mass is 32.2. The first-order valence-electron chi connectivity index (χ1n) is 5.14. The molecule has 104 valence electrons. The SMILES string of the molecule is CS(=O)(=O)CCNc1cc(C(=O)O)ccc1[N+](=O)[O-]. The average Bonchev–Trinajstić information content (AvgIpc) is 2.26. The summed E-state index contributed by atoms with van der Waals surface area (Å²) in [6, 6.07) is 3.27. The highest BCUT2D eigenvalue weighted by molar-refractivity contribution is 7.90. The first-order chi connectivity index (χ1) is 8.70. The van der Waals surface area contributed by atoms with E-state index < -0.39 is 20.7 Å². The van der Waals surface area contributed by atoms with E-state index in [2.05, 4.69) is 5.32 Å². The number of sulfone groups is 1. The van der Waals surface area contributed by atoms with Crippen molar-refractivity contribution in [3.8, 4) is 0 Å². The molecule has 0 unspecified atom stereocenters. The Morgan fingerprint density at radius 3 is 2.58 bits per heavy atom. The number of nitro benzene ring substituents is 1. The molecule has 0 aromatic heterocycles. The third-order valence-corrected chi connectivity index (χ3v) is 3.17. The van der Waals surface area contributed by atoms with Gasteiger partial charge in [-0.25, -0.2) is 13.2 Å². The number of carbonyl (C=O) groups is 1. The van der Waals surface area contributed by atoms with Gasteiger partial charge in [-0.15, -0.1) is 0 Å². The summed E-state index contributed by atoms with van der Waals surface area (Å²) in [6.45, 7) is -0.0389. The normalized spacial score (nSPS) is 11.0. The lowest BCUT2D eigenvalue weighted by molar-refractivity contribution is -0.384. The molecule has 19 heavy (non-hydrogen) atoms. The molecule has 0 aliphatic heterocycles. The Kier molecular flexibility index (Phi) is 4.43. The molecule has 0 fully saturated rings. The third-order valence-electron chi connectivity index (χ3n) is 2.23. The molecule has 0 spiro atoms. The summed E-state index contributed by atoms with van der Waals surface area (Å²) in [7, 11) is -3.20. The summed E-state index contributed by atoms with van der Waals surface area (Å²) in [4.78, 5) is 20.9. The van der Waals surface area contributed by atoms with Crippen molar-refractivity contribution in [1.82, 2.24) is 0 Å². The molecule has 0 amide bonds. The van der Waals surface area contributed by atoms with Crippen molar-refractivity contribution in [2.75, 3.05) is 23.9 Å². The zero-order valence-corrected chi connectivity index (χ0v) is 10.8. The van der Waals surface area contributed by atoms with E-state index >= 15 is 0 Å². The molecule has 0 radical (unpaired) electrons. The van der Waals surface area contributed by atoms with Crippen LogP contribution in [0.3, 0.4) is 0 Å². The fourth-order valence-corrected chi connectivity index (χ4v) is 1.81. The van der Waals surface area contributed by atoms with E-state index in [1.165, 1.54) is 0 Å². The fourth-order valence-electron chi connectivity index (χ4n) is 1.34. The van der Waals surface area contributed by atoms with Gasteiger partial charge in [0.05, 0.1) is 16.2 Å². The van der Waals surface area contributed by atoms with Crippen LogP contribution in [-0.4, -0.2) is 43.0 Å². The quantitative estimate of drug-likeness (QED) is 0.584. The molecule has 1 rings (SSSR count). The summed E-state index contributed by atoms with van der Waals surface area (Å²) in [5.74, 6) is -1.43. The van der Waals surface area contributed by atoms with Crippen LogP contribution in [0.1, 0.15) is 10.4 Å². The van der Waals surface area contributed by atoms with Gasteiger partial charge in [-0.1, -0.05) is 0 Å². The van der Waals surface area contributed by atoms with E-state index in [0.29, 0.717) is 0 Å². The summed E-state index contributed by atoms with van der Waals surface area (Å²) in [6.07, 6.45) is 1.04. The molecule has 9 heteroatoms. The maximum atomic E-state index is 10.9.